The van der Waals surface area contributed by atoms with Crippen molar-refractivity contribution >= 4 is 17.5 Å². The first-order valence-electron chi connectivity index (χ1n) is 6.10. The summed E-state index contributed by atoms with van der Waals surface area (Å²) < 4.78 is 6.81. The number of hydrogen-bond donors (Lipinski definition) is 1. The lowest BCUT2D eigenvalue weighted by Crippen LogP contribution is -2.25. The van der Waals surface area contributed by atoms with Gasteiger partial charge < -0.3 is 9.73 Å². The predicted octanol–water partition coefficient (Wildman–Crippen LogP) is 2.57. The van der Waals surface area contributed by atoms with Crippen molar-refractivity contribution in [3.05, 3.63) is 40.6 Å². The van der Waals surface area contributed by atoms with E-state index in [1.165, 1.54) is 6.26 Å². The van der Waals surface area contributed by atoms with Crippen LogP contribution >= 0.6 is 11.6 Å². The molecule has 0 bridgehead atoms. The van der Waals surface area contributed by atoms with E-state index in [0.717, 1.165) is 24.4 Å². The van der Waals surface area contributed by atoms with Crippen LogP contribution < -0.4 is 5.32 Å². The van der Waals surface area contributed by atoms with Crippen LogP contribution in [0.2, 0.25) is 5.22 Å². The third-order valence-electron chi connectivity index (χ3n) is 2.80. The average Bonchev–Trinajstić information content (AvgIpc) is 2.91. The SMILES string of the molecule is Cc1cc(C)n(CCCNC(=O)c2ccoc2Cl)n1. The molecule has 0 aliphatic rings. The summed E-state index contributed by atoms with van der Waals surface area (Å²) in [6.07, 6.45) is 2.20. The first-order chi connectivity index (χ1) is 9.08. The van der Waals surface area contributed by atoms with Crippen molar-refractivity contribution in [1.82, 2.24) is 15.1 Å². The second-order valence-electron chi connectivity index (χ2n) is 4.37. The normalized spacial score (nSPS) is 10.7. The fraction of sp³-hybridized carbons (Fsp3) is 0.385. The van der Waals surface area contributed by atoms with Crippen LogP contribution in [-0.2, 0) is 6.54 Å². The number of aromatic nitrogens is 2. The highest BCUT2D eigenvalue weighted by atomic mass is 35.5. The minimum atomic E-state index is -0.216. The number of furan rings is 1. The van der Waals surface area contributed by atoms with Crippen molar-refractivity contribution in [2.45, 2.75) is 26.8 Å². The molecule has 102 valence electrons. The van der Waals surface area contributed by atoms with Crippen LogP contribution in [0.4, 0.5) is 0 Å². The van der Waals surface area contributed by atoms with Gasteiger partial charge in [0.15, 0.2) is 0 Å². The molecule has 0 atom stereocenters. The lowest BCUT2D eigenvalue weighted by Gasteiger charge is -2.06. The number of amides is 1. The molecule has 6 heteroatoms. The maximum absolute atomic E-state index is 11.7. The van der Waals surface area contributed by atoms with Gasteiger partial charge in [0, 0.05) is 18.8 Å². The van der Waals surface area contributed by atoms with Gasteiger partial charge in [0.05, 0.1) is 17.5 Å². The van der Waals surface area contributed by atoms with Gasteiger partial charge in [0.1, 0.15) is 0 Å². The van der Waals surface area contributed by atoms with Gasteiger partial charge in [-0.15, -0.1) is 0 Å². The van der Waals surface area contributed by atoms with Crippen molar-refractivity contribution in [2.24, 2.45) is 0 Å². The minimum Gasteiger partial charge on any atom is -0.452 e. The quantitative estimate of drug-likeness (QED) is 0.857. The highest BCUT2D eigenvalue weighted by Gasteiger charge is 2.11. The van der Waals surface area contributed by atoms with Crippen LogP contribution in [-0.4, -0.2) is 22.2 Å². The van der Waals surface area contributed by atoms with Crippen LogP contribution in [0.25, 0.3) is 0 Å². The van der Waals surface area contributed by atoms with Gasteiger partial charge in [-0.3, -0.25) is 9.48 Å². The van der Waals surface area contributed by atoms with E-state index >= 15 is 0 Å². The van der Waals surface area contributed by atoms with Gasteiger partial charge in [0.25, 0.3) is 5.91 Å². The summed E-state index contributed by atoms with van der Waals surface area (Å²) in [5, 5.41) is 7.28. The zero-order chi connectivity index (χ0) is 13.8. The Bertz CT molecular complexity index is 574. The number of halogens is 1. The van der Waals surface area contributed by atoms with Crippen LogP contribution in [0.15, 0.2) is 22.8 Å². The van der Waals surface area contributed by atoms with Crippen molar-refractivity contribution in [1.29, 1.82) is 0 Å². The maximum atomic E-state index is 11.7. The predicted molar refractivity (Wildman–Crippen MR) is 72.4 cm³/mol. The summed E-state index contributed by atoms with van der Waals surface area (Å²) in [5.41, 5.74) is 2.50. The summed E-state index contributed by atoms with van der Waals surface area (Å²) in [5.74, 6) is -0.216. The number of nitrogens with zero attached hydrogens (tertiary/aromatic N) is 2. The van der Waals surface area contributed by atoms with E-state index in [0.29, 0.717) is 12.1 Å². The molecule has 0 aromatic carbocycles. The lowest BCUT2D eigenvalue weighted by atomic mass is 10.3. The Morgan fingerprint density at radius 3 is 2.89 bits per heavy atom. The first-order valence-corrected chi connectivity index (χ1v) is 6.48. The monoisotopic (exact) mass is 281 g/mol. The molecule has 0 unspecified atom stereocenters. The molecule has 1 N–H and O–H groups in total. The highest BCUT2D eigenvalue weighted by Crippen LogP contribution is 2.16. The lowest BCUT2D eigenvalue weighted by molar-refractivity contribution is 0.0952. The summed E-state index contributed by atoms with van der Waals surface area (Å²) >= 11 is 5.73. The van der Waals surface area contributed by atoms with Gasteiger partial charge in [0.2, 0.25) is 5.22 Å². The molecule has 0 fully saturated rings. The molecule has 2 aromatic rings. The topological polar surface area (TPSA) is 60.1 Å². The molecule has 2 heterocycles. The van der Waals surface area contributed by atoms with Crippen LogP contribution in [0.5, 0.6) is 0 Å². The molecular formula is C13H16ClN3O2. The summed E-state index contributed by atoms with van der Waals surface area (Å²) in [7, 11) is 0. The van der Waals surface area contributed by atoms with E-state index in [9.17, 15) is 4.79 Å². The van der Waals surface area contributed by atoms with Gasteiger partial charge in [-0.2, -0.15) is 5.10 Å². The summed E-state index contributed by atoms with van der Waals surface area (Å²) in [4.78, 5) is 11.7. The molecule has 0 spiro atoms. The van der Waals surface area contributed by atoms with E-state index in [1.807, 2.05) is 24.6 Å². The Hall–Kier alpha value is -1.75. The third-order valence-corrected chi connectivity index (χ3v) is 3.09. The number of carbonyl (C=O) groups excluding carboxylic acids is 1. The smallest absolute Gasteiger partial charge is 0.256 e. The minimum absolute atomic E-state index is 0.121. The molecule has 0 aliphatic heterocycles. The van der Waals surface area contributed by atoms with Gasteiger partial charge >= 0.3 is 0 Å². The fourth-order valence-electron chi connectivity index (χ4n) is 1.88. The van der Waals surface area contributed by atoms with Gasteiger partial charge in [-0.05, 0) is 44.0 Å². The molecule has 5 nitrogen and oxygen atoms in total. The number of hydrogen-bond acceptors (Lipinski definition) is 3. The molecule has 0 saturated heterocycles. The van der Waals surface area contributed by atoms with Crippen molar-refractivity contribution in [3.63, 3.8) is 0 Å². The Morgan fingerprint density at radius 2 is 2.32 bits per heavy atom. The molecule has 0 radical (unpaired) electrons. The Labute approximate surface area is 116 Å². The fourth-order valence-corrected chi connectivity index (χ4v) is 2.08. The number of carbonyl (C=O) groups is 1. The largest absolute Gasteiger partial charge is 0.452 e. The van der Waals surface area contributed by atoms with E-state index < -0.39 is 0 Å². The number of rotatable bonds is 5. The second-order valence-corrected chi connectivity index (χ2v) is 4.71. The first kappa shape index (κ1) is 13.7. The maximum Gasteiger partial charge on any atom is 0.256 e. The number of aryl methyl sites for hydroxylation is 3. The van der Waals surface area contributed by atoms with E-state index in [-0.39, 0.29) is 11.1 Å². The Balaban J connectivity index is 1.77. The molecule has 19 heavy (non-hydrogen) atoms. The average molecular weight is 282 g/mol. The van der Waals surface area contributed by atoms with E-state index in [4.69, 9.17) is 16.0 Å². The Kier molecular flexibility index (Phi) is 4.27. The number of nitrogens with one attached hydrogen (secondary N) is 1. The van der Waals surface area contributed by atoms with Crippen LogP contribution in [0.3, 0.4) is 0 Å². The van der Waals surface area contributed by atoms with Gasteiger partial charge in [-0.25, -0.2) is 0 Å². The standard InChI is InChI=1S/C13H16ClN3O2/c1-9-8-10(2)17(16-9)6-3-5-15-13(18)11-4-7-19-12(11)14/h4,7-8H,3,5-6H2,1-2H3,(H,15,18). The van der Waals surface area contributed by atoms with Crippen LogP contribution in [0.1, 0.15) is 28.2 Å². The second kappa shape index (κ2) is 5.93. The summed E-state index contributed by atoms with van der Waals surface area (Å²) in [6.45, 7) is 5.33. The van der Waals surface area contributed by atoms with E-state index in [1.54, 1.807) is 6.07 Å². The van der Waals surface area contributed by atoms with Crippen molar-refractivity contribution in [3.8, 4) is 0 Å². The van der Waals surface area contributed by atoms with Crippen molar-refractivity contribution < 1.29 is 9.21 Å². The molecule has 0 aliphatic carbocycles. The zero-order valence-corrected chi connectivity index (χ0v) is 11.7. The van der Waals surface area contributed by atoms with E-state index in [2.05, 4.69) is 10.4 Å². The molecule has 0 saturated carbocycles. The highest BCUT2D eigenvalue weighted by molar-refractivity contribution is 6.32. The molecule has 2 aromatic heterocycles. The van der Waals surface area contributed by atoms with Crippen molar-refractivity contribution in [2.75, 3.05) is 6.54 Å². The molecule has 2 rings (SSSR count). The summed E-state index contributed by atoms with van der Waals surface area (Å²) in [6, 6.07) is 3.59. The molecular weight excluding hydrogens is 266 g/mol. The molecule has 1 amide bonds. The third kappa shape index (κ3) is 3.38. The van der Waals surface area contributed by atoms with Gasteiger partial charge in [-0.1, -0.05) is 0 Å². The Morgan fingerprint density at radius 1 is 1.53 bits per heavy atom. The zero-order valence-electron chi connectivity index (χ0n) is 10.9. The van der Waals surface area contributed by atoms with Crippen LogP contribution in [0, 0.1) is 13.8 Å².